The number of likely N-dealkylation sites (N-methyl/N-ethyl adjacent to an activating group) is 2. The molecule has 4 atom stereocenters. The van der Waals surface area contributed by atoms with Crippen molar-refractivity contribution in [1.82, 2.24) is 20.4 Å². The lowest BCUT2D eigenvalue weighted by Gasteiger charge is -2.36. The molecule has 1 aliphatic rings. The zero-order valence-electron chi connectivity index (χ0n) is 18.2. The van der Waals surface area contributed by atoms with Crippen molar-refractivity contribution in [3.8, 4) is 0 Å². The lowest BCUT2D eigenvalue weighted by molar-refractivity contribution is -0.155. The number of nitrogens with one attached hydrogen (secondary N) is 2. The lowest BCUT2D eigenvalue weighted by atomic mass is 9.99. The molecule has 0 unspecified atom stereocenters. The number of hydrogen-bond donors (Lipinski definition) is 4. The van der Waals surface area contributed by atoms with Gasteiger partial charge in [-0.25, -0.2) is 4.79 Å². The van der Waals surface area contributed by atoms with E-state index in [0.29, 0.717) is 6.42 Å². The molecule has 0 radical (unpaired) electrons. The summed E-state index contributed by atoms with van der Waals surface area (Å²) in [6, 6.07) is -3.64. The summed E-state index contributed by atoms with van der Waals surface area (Å²) in [7, 11) is 2.69. The maximum atomic E-state index is 13.0. The van der Waals surface area contributed by atoms with Crippen LogP contribution in [-0.2, 0) is 24.0 Å². The van der Waals surface area contributed by atoms with Crippen LogP contribution in [0, 0.1) is 5.92 Å². The fourth-order valence-electron chi connectivity index (χ4n) is 3.57. The second kappa shape index (κ2) is 10.9. The van der Waals surface area contributed by atoms with Crippen molar-refractivity contribution in [2.24, 2.45) is 11.7 Å². The smallest absolute Gasteiger partial charge is 0.326 e. The van der Waals surface area contributed by atoms with Crippen LogP contribution in [0.15, 0.2) is 0 Å². The van der Waals surface area contributed by atoms with Gasteiger partial charge in [0.25, 0.3) is 0 Å². The van der Waals surface area contributed by atoms with Crippen LogP contribution < -0.4 is 16.4 Å². The minimum Gasteiger partial charge on any atom is -0.480 e. The number of nitrogens with two attached hydrogens (primary N) is 1. The van der Waals surface area contributed by atoms with E-state index in [-0.39, 0.29) is 17.9 Å². The number of carbonyl (C=O) groups excluding carboxylic acids is 4. The van der Waals surface area contributed by atoms with E-state index in [4.69, 9.17) is 5.73 Å². The number of hydrogen-bond acceptors (Lipinski definition) is 6. The van der Waals surface area contributed by atoms with Crippen LogP contribution in [0.1, 0.15) is 40.0 Å². The summed E-state index contributed by atoms with van der Waals surface area (Å²) < 4.78 is 0. The number of amides is 4. The van der Waals surface area contributed by atoms with Crippen LogP contribution >= 0.6 is 0 Å². The van der Waals surface area contributed by atoms with Gasteiger partial charge in [0.1, 0.15) is 18.1 Å². The number of rotatable bonds is 10. The Bertz CT molecular complexity index is 676. The van der Waals surface area contributed by atoms with Gasteiger partial charge in [-0.05, 0) is 32.2 Å². The Morgan fingerprint density at radius 3 is 2.13 bits per heavy atom. The van der Waals surface area contributed by atoms with E-state index in [1.54, 1.807) is 13.8 Å². The summed E-state index contributed by atoms with van der Waals surface area (Å²) in [5.41, 5.74) is 5.10. The van der Waals surface area contributed by atoms with E-state index in [1.807, 2.05) is 0 Å². The molecule has 1 heterocycles. The molecular formula is C19H33N5O6. The minimum absolute atomic E-state index is 0.279. The zero-order valence-corrected chi connectivity index (χ0v) is 18.2. The van der Waals surface area contributed by atoms with Gasteiger partial charge in [0.2, 0.25) is 23.6 Å². The first-order valence-corrected chi connectivity index (χ1v) is 9.96. The second-order valence-electron chi connectivity index (χ2n) is 7.99. The standard InChI is InChI=1S/C19H33N5O6/c1-10(2)15(18(28)23(4)13(19(29)30)9-14(20)25)24(5)17(27)11(3)22-16(26)12-7-6-8-21-12/h10-13,15,21H,6-9H2,1-5H3,(H2,20,25)(H,22,26)(H,29,30)/t11-,12-,13-,15-/m0/s1. The molecule has 1 rings (SSSR count). The maximum absolute atomic E-state index is 13.0. The van der Waals surface area contributed by atoms with Gasteiger partial charge < -0.3 is 31.3 Å². The van der Waals surface area contributed by atoms with Crippen molar-refractivity contribution in [3.05, 3.63) is 0 Å². The predicted octanol–water partition coefficient (Wildman–Crippen LogP) is -1.49. The number of carboxylic acids is 1. The van der Waals surface area contributed by atoms with E-state index in [0.717, 1.165) is 17.9 Å². The molecule has 0 aromatic carbocycles. The van der Waals surface area contributed by atoms with Crippen molar-refractivity contribution in [1.29, 1.82) is 0 Å². The number of carboxylic acid groups (broad SMARTS) is 1. The molecule has 0 aromatic rings. The molecule has 5 N–H and O–H groups in total. The highest BCUT2D eigenvalue weighted by Crippen LogP contribution is 2.16. The molecule has 1 fully saturated rings. The van der Waals surface area contributed by atoms with Gasteiger partial charge >= 0.3 is 5.97 Å². The molecule has 0 aliphatic carbocycles. The van der Waals surface area contributed by atoms with Crippen molar-refractivity contribution < 1.29 is 29.1 Å². The first kappa shape index (κ1) is 25.3. The Morgan fingerprint density at radius 2 is 1.70 bits per heavy atom. The fourth-order valence-corrected chi connectivity index (χ4v) is 3.57. The lowest BCUT2D eigenvalue weighted by Crippen LogP contribution is -2.58. The SMILES string of the molecule is CC(C)[C@@H](C(=O)N(C)[C@@H](CC(N)=O)C(=O)O)N(C)C(=O)[C@H](C)NC(=O)[C@@H]1CCCN1. The monoisotopic (exact) mass is 427 g/mol. The molecule has 170 valence electrons. The summed E-state index contributed by atoms with van der Waals surface area (Å²) in [5.74, 6) is -3.97. The molecule has 4 amide bonds. The normalized spacial score (nSPS) is 18.9. The molecule has 0 saturated carbocycles. The molecule has 1 aliphatic heterocycles. The van der Waals surface area contributed by atoms with Gasteiger partial charge in [0.05, 0.1) is 12.5 Å². The van der Waals surface area contributed by atoms with Crippen LogP contribution in [0.5, 0.6) is 0 Å². The van der Waals surface area contributed by atoms with Crippen LogP contribution in [0.25, 0.3) is 0 Å². The minimum atomic E-state index is -1.44. The van der Waals surface area contributed by atoms with Gasteiger partial charge in [0, 0.05) is 14.1 Å². The molecule has 30 heavy (non-hydrogen) atoms. The number of nitrogens with zero attached hydrogens (tertiary/aromatic N) is 2. The van der Waals surface area contributed by atoms with Crippen molar-refractivity contribution in [2.45, 2.75) is 64.2 Å². The third-order valence-electron chi connectivity index (χ3n) is 5.25. The van der Waals surface area contributed by atoms with Gasteiger partial charge in [-0.2, -0.15) is 0 Å². The van der Waals surface area contributed by atoms with E-state index >= 15 is 0 Å². The number of primary amides is 1. The van der Waals surface area contributed by atoms with Crippen LogP contribution in [0.2, 0.25) is 0 Å². The van der Waals surface area contributed by atoms with E-state index < -0.39 is 48.2 Å². The van der Waals surface area contributed by atoms with Crippen molar-refractivity contribution in [3.63, 3.8) is 0 Å². The van der Waals surface area contributed by atoms with Crippen LogP contribution in [0.3, 0.4) is 0 Å². The number of aliphatic carboxylic acids is 1. The van der Waals surface area contributed by atoms with Crippen LogP contribution in [0.4, 0.5) is 0 Å². The van der Waals surface area contributed by atoms with E-state index in [1.165, 1.54) is 25.9 Å². The molecular weight excluding hydrogens is 394 g/mol. The summed E-state index contributed by atoms with van der Waals surface area (Å²) in [5, 5.41) is 15.1. The van der Waals surface area contributed by atoms with Gasteiger partial charge in [-0.3, -0.25) is 19.2 Å². The molecule has 11 heteroatoms. The maximum Gasteiger partial charge on any atom is 0.326 e. The summed E-state index contributed by atoms with van der Waals surface area (Å²) in [6.07, 6.45) is 1.03. The molecule has 0 aromatic heterocycles. The highest BCUT2D eigenvalue weighted by molar-refractivity contribution is 5.94. The Kier molecular flexibility index (Phi) is 9.22. The van der Waals surface area contributed by atoms with Gasteiger partial charge in [-0.15, -0.1) is 0 Å². The Morgan fingerprint density at radius 1 is 1.10 bits per heavy atom. The van der Waals surface area contributed by atoms with Crippen LogP contribution in [-0.4, -0.2) is 89.3 Å². The summed E-state index contributed by atoms with van der Waals surface area (Å²) in [6.45, 7) is 5.71. The fraction of sp³-hybridized carbons (Fsp3) is 0.737. The average molecular weight is 428 g/mol. The summed E-state index contributed by atoms with van der Waals surface area (Å²) in [4.78, 5) is 63.0. The van der Waals surface area contributed by atoms with Crippen molar-refractivity contribution >= 4 is 29.6 Å². The largest absolute Gasteiger partial charge is 0.480 e. The third kappa shape index (κ3) is 6.41. The van der Waals surface area contributed by atoms with Gasteiger partial charge in [-0.1, -0.05) is 13.8 Å². The Hall–Kier alpha value is -2.69. The van der Waals surface area contributed by atoms with Crippen molar-refractivity contribution in [2.75, 3.05) is 20.6 Å². The molecule has 1 saturated heterocycles. The highest BCUT2D eigenvalue weighted by atomic mass is 16.4. The molecule has 0 bridgehead atoms. The highest BCUT2D eigenvalue weighted by Gasteiger charge is 2.38. The predicted molar refractivity (Wildman–Crippen MR) is 108 cm³/mol. The van der Waals surface area contributed by atoms with E-state index in [9.17, 15) is 29.1 Å². The van der Waals surface area contributed by atoms with E-state index in [2.05, 4.69) is 10.6 Å². The second-order valence-corrected chi connectivity index (χ2v) is 7.99. The summed E-state index contributed by atoms with van der Waals surface area (Å²) >= 11 is 0. The first-order chi connectivity index (χ1) is 13.9. The topological polar surface area (TPSA) is 162 Å². The Balaban J connectivity index is 2.93. The third-order valence-corrected chi connectivity index (χ3v) is 5.25. The quantitative estimate of drug-likeness (QED) is 0.330. The zero-order chi connectivity index (χ0) is 23.2. The van der Waals surface area contributed by atoms with Gasteiger partial charge in [0.15, 0.2) is 0 Å². The molecule has 0 spiro atoms. The number of carbonyl (C=O) groups is 5. The Labute approximate surface area is 176 Å². The molecule has 11 nitrogen and oxygen atoms in total. The first-order valence-electron chi connectivity index (χ1n) is 9.96. The average Bonchev–Trinajstić information content (AvgIpc) is 3.18.